The Balaban J connectivity index is 1.70. The molecule has 1 aromatic rings. The summed E-state index contributed by atoms with van der Waals surface area (Å²) in [6.45, 7) is 5.65. The molecule has 0 bridgehead atoms. The summed E-state index contributed by atoms with van der Waals surface area (Å²) < 4.78 is 5.89. The molecule has 0 amide bonds. The molecule has 3 heteroatoms. The lowest BCUT2D eigenvalue weighted by molar-refractivity contribution is -0.0150. The van der Waals surface area contributed by atoms with Crippen molar-refractivity contribution in [3.05, 3.63) is 35.9 Å². The molecule has 1 saturated heterocycles. The quantitative estimate of drug-likeness (QED) is 0.841. The molecule has 3 nitrogen and oxygen atoms in total. The zero-order valence-corrected chi connectivity index (χ0v) is 11.2. The lowest BCUT2D eigenvalue weighted by Gasteiger charge is -2.20. The summed E-state index contributed by atoms with van der Waals surface area (Å²) in [5, 5.41) is 13.3. The molecule has 100 valence electrons. The maximum absolute atomic E-state index is 9.99. The molecule has 2 atom stereocenters. The minimum absolute atomic E-state index is 0.0182. The van der Waals surface area contributed by atoms with Gasteiger partial charge in [-0.1, -0.05) is 30.3 Å². The first-order valence-electron chi connectivity index (χ1n) is 6.68. The smallest absolute Gasteiger partial charge is 0.0914 e. The van der Waals surface area contributed by atoms with Crippen LogP contribution in [0, 0.1) is 0 Å². The lowest BCUT2D eigenvalue weighted by Crippen LogP contribution is -2.31. The summed E-state index contributed by atoms with van der Waals surface area (Å²) in [5.74, 6) is 0. The molecular formula is C15H23NO2. The van der Waals surface area contributed by atoms with Gasteiger partial charge in [0, 0.05) is 13.1 Å². The monoisotopic (exact) mass is 249 g/mol. The highest BCUT2D eigenvalue weighted by Gasteiger charge is 2.31. The number of aliphatic hydroxyl groups is 1. The van der Waals surface area contributed by atoms with Gasteiger partial charge in [-0.05, 0) is 32.3 Å². The molecule has 2 N–H and O–H groups in total. The Morgan fingerprint density at radius 2 is 2.11 bits per heavy atom. The Morgan fingerprint density at radius 1 is 1.39 bits per heavy atom. The third-order valence-corrected chi connectivity index (χ3v) is 3.45. The third-order valence-electron chi connectivity index (χ3n) is 3.45. The van der Waals surface area contributed by atoms with Crippen LogP contribution in [0.1, 0.15) is 38.4 Å². The SMILES string of the molecule is CC1(C)CCC(CNCC(O)c2ccccc2)O1. The molecule has 1 fully saturated rings. The van der Waals surface area contributed by atoms with Crippen LogP contribution >= 0.6 is 0 Å². The van der Waals surface area contributed by atoms with Gasteiger partial charge in [-0.15, -0.1) is 0 Å². The van der Waals surface area contributed by atoms with Gasteiger partial charge in [0.1, 0.15) is 0 Å². The minimum atomic E-state index is -0.444. The van der Waals surface area contributed by atoms with Crippen LogP contribution in [0.2, 0.25) is 0 Å². The van der Waals surface area contributed by atoms with E-state index in [1.54, 1.807) is 0 Å². The highest BCUT2D eigenvalue weighted by molar-refractivity contribution is 5.17. The molecule has 0 radical (unpaired) electrons. The summed E-state index contributed by atoms with van der Waals surface area (Å²) in [4.78, 5) is 0. The van der Waals surface area contributed by atoms with Gasteiger partial charge in [0.2, 0.25) is 0 Å². The van der Waals surface area contributed by atoms with Gasteiger partial charge in [-0.25, -0.2) is 0 Å². The molecule has 2 unspecified atom stereocenters. The van der Waals surface area contributed by atoms with Crippen LogP contribution in [0.3, 0.4) is 0 Å². The van der Waals surface area contributed by atoms with Gasteiger partial charge in [0.25, 0.3) is 0 Å². The largest absolute Gasteiger partial charge is 0.387 e. The van der Waals surface area contributed by atoms with Gasteiger partial charge < -0.3 is 15.2 Å². The van der Waals surface area contributed by atoms with Crippen molar-refractivity contribution in [1.29, 1.82) is 0 Å². The number of benzene rings is 1. The van der Waals surface area contributed by atoms with E-state index in [1.807, 2.05) is 30.3 Å². The molecule has 18 heavy (non-hydrogen) atoms. The fourth-order valence-electron chi connectivity index (χ4n) is 2.40. The summed E-state index contributed by atoms with van der Waals surface area (Å²) in [5.41, 5.74) is 0.974. The molecule has 1 aliphatic heterocycles. The molecule has 0 saturated carbocycles. The van der Waals surface area contributed by atoms with Crippen molar-refractivity contribution < 1.29 is 9.84 Å². The van der Waals surface area contributed by atoms with Crippen LogP contribution in [0.15, 0.2) is 30.3 Å². The Morgan fingerprint density at radius 3 is 2.72 bits per heavy atom. The predicted molar refractivity (Wildman–Crippen MR) is 72.5 cm³/mol. The van der Waals surface area contributed by atoms with E-state index in [2.05, 4.69) is 19.2 Å². The Bertz CT molecular complexity index is 364. The van der Waals surface area contributed by atoms with E-state index in [-0.39, 0.29) is 11.7 Å². The maximum Gasteiger partial charge on any atom is 0.0914 e. The normalized spacial score (nSPS) is 24.1. The van der Waals surface area contributed by atoms with E-state index in [0.29, 0.717) is 6.54 Å². The number of hydrogen-bond acceptors (Lipinski definition) is 3. The molecular weight excluding hydrogens is 226 g/mol. The molecule has 0 aliphatic carbocycles. The first kappa shape index (κ1) is 13.5. The summed E-state index contributed by atoms with van der Waals surface area (Å²) in [6, 6.07) is 9.74. The van der Waals surface area contributed by atoms with E-state index in [1.165, 1.54) is 0 Å². The van der Waals surface area contributed by atoms with Crippen molar-refractivity contribution >= 4 is 0 Å². The molecule has 1 aromatic carbocycles. The van der Waals surface area contributed by atoms with Crippen LogP contribution in [0.25, 0.3) is 0 Å². The molecule has 1 heterocycles. The van der Waals surface area contributed by atoms with Crippen molar-refractivity contribution in [3.8, 4) is 0 Å². The lowest BCUT2D eigenvalue weighted by atomic mass is 10.1. The van der Waals surface area contributed by atoms with E-state index < -0.39 is 6.10 Å². The Labute approximate surface area is 109 Å². The van der Waals surface area contributed by atoms with Gasteiger partial charge in [0.15, 0.2) is 0 Å². The number of aliphatic hydroxyl groups excluding tert-OH is 1. The van der Waals surface area contributed by atoms with Crippen LogP contribution in [0.5, 0.6) is 0 Å². The fourth-order valence-corrected chi connectivity index (χ4v) is 2.40. The van der Waals surface area contributed by atoms with Crippen molar-refractivity contribution in [1.82, 2.24) is 5.32 Å². The van der Waals surface area contributed by atoms with Crippen molar-refractivity contribution in [2.75, 3.05) is 13.1 Å². The molecule has 0 aromatic heterocycles. The van der Waals surface area contributed by atoms with Crippen molar-refractivity contribution in [2.24, 2.45) is 0 Å². The zero-order chi connectivity index (χ0) is 13.0. The van der Waals surface area contributed by atoms with Crippen molar-refractivity contribution in [3.63, 3.8) is 0 Å². The van der Waals surface area contributed by atoms with Crippen LogP contribution < -0.4 is 5.32 Å². The highest BCUT2D eigenvalue weighted by atomic mass is 16.5. The number of ether oxygens (including phenoxy) is 1. The highest BCUT2D eigenvalue weighted by Crippen LogP contribution is 2.28. The van der Waals surface area contributed by atoms with Crippen LogP contribution in [0.4, 0.5) is 0 Å². The third kappa shape index (κ3) is 3.80. The molecule has 1 aliphatic rings. The second-order valence-corrected chi connectivity index (χ2v) is 5.62. The summed E-state index contributed by atoms with van der Waals surface area (Å²) >= 11 is 0. The summed E-state index contributed by atoms with van der Waals surface area (Å²) in [7, 11) is 0. The van der Waals surface area contributed by atoms with Crippen molar-refractivity contribution in [2.45, 2.75) is 44.5 Å². The van der Waals surface area contributed by atoms with Gasteiger partial charge in [-0.2, -0.15) is 0 Å². The maximum atomic E-state index is 9.99. The Kier molecular flexibility index (Phi) is 4.38. The van der Waals surface area contributed by atoms with E-state index in [0.717, 1.165) is 24.9 Å². The first-order chi connectivity index (χ1) is 8.57. The topological polar surface area (TPSA) is 41.5 Å². The average molecular weight is 249 g/mol. The summed E-state index contributed by atoms with van der Waals surface area (Å²) in [6.07, 6.45) is 2.05. The van der Waals surface area contributed by atoms with E-state index in [9.17, 15) is 5.11 Å². The zero-order valence-electron chi connectivity index (χ0n) is 11.2. The average Bonchev–Trinajstić information content (AvgIpc) is 2.70. The first-order valence-corrected chi connectivity index (χ1v) is 6.68. The fraction of sp³-hybridized carbons (Fsp3) is 0.600. The number of hydrogen-bond donors (Lipinski definition) is 2. The second kappa shape index (κ2) is 5.83. The van der Waals surface area contributed by atoms with E-state index in [4.69, 9.17) is 4.74 Å². The van der Waals surface area contributed by atoms with E-state index >= 15 is 0 Å². The molecule has 0 spiro atoms. The number of nitrogens with one attached hydrogen (secondary N) is 1. The van der Waals surface area contributed by atoms with Gasteiger partial charge in [0.05, 0.1) is 17.8 Å². The number of rotatable bonds is 5. The second-order valence-electron chi connectivity index (χ2n) is 5.62. The van der Waals surface area contributed by atoms with Crippen LogP contribution in [-0.4, -0.2) is 29.9 Å². The van der Waals surface area contributed by atoms with Gasteiger partial charge >= 0.3 is 0 Å². The van der Waals surface area contributed by atoms with Crippen LogP contribution in [-0.2, 0) is 4.74 Å². The molecule has 2 rings (SSSR count). The minimum Gasteiger partial charge on any atom is -0.387 e. The van der Waals surface area contributed by atoms with Gasteiger partial charge in [-0.3, -0.25) is 0 Å². The standard InChI is InChI=1S/C15H23NO2/c1-15(2)9-8-13(18-15)10-16-11-14(17)12-6-4-3-5-7-12/h3-7,13-14,16-17H,8-11H2,1-2H3. The Hall–Kier alpha value is -0.900. The predicted octanol–water partition coefficient (Wildman–Crippen LogP) is 2.27.